The van der Waals surface area contributed by atoms with Crippen LogP contribution in [0.3, 0.4) is 0 Å². The van der Waals surface area contributed by atoms with E-state index in [4.69, 9.17) is 5.73 Å². The zero-order chi connectivity index (χ0) is 25.7. The minimum atomic E-state index is -3.68. The highest BCUT2D eigenvalue weighted by Crippen LogP contribution is 2.31. The molecule has 186 valence electrons. The first-order valence-corrected chi connectivity index (χ1v) is 13.2. The fourth-order valence-electron chi connectivity index (χ4n) is 3.44. The van der Waals surface area contributed by atoms with Crippen molar-refractivity contribution in [1.29, 1.82) is 0 Å². The molecule has 0 spiro atoms. The van der Waals surface area contributed by atoms with E-state index >= 15 is 0 Å². The van der Waals surface area contributed by atoms with Gasteiger partial charge in [0.25, 0.3) is 0 Å². The Balaban J connectivity index is 1.39. The predicted octanol–water partition coefficient (Wildman–Crippen LogP) is 4.89. The SMILES string of the molecule is Nc1nc(Nc2ccc(S(=O)(=O)NCCCc3ccccc3)cc2)sc1C(=O)c1c(F)cccc1F. The normalized spacial score (nSPS) is 11.4. The van der Waals surface area contributed by atoms with E-state index in [-0.39, 0.29) is 20.7 Å². The number of carbonyl (C=O) groups excluding carboxylic acids is 1. The number of hydrogen-bond donors (Lipinski definition) is 3. The maximum absolute atomic E-state index is 14.0. The monoisotopic (exact) mass is 528 g/mol. The number of nitrogens with two attached hydrogens (primary N) is 1. The van der Waals surface area contributed by atoms with Gasteiger partial charge >= 0.3 is 0 Å². The Morgan fingerprint density at radius 2 is 1.61 bits per heavy atom. The minimum Gasteiger partial charge on any atom is -0.382 e. The third-order valence-electron chi connectivity index (χ3n) is 5.24. The smallest absolute Gasteiger partial charge is 0.240 e. The highest BCUT2D eigenvalue weighted by molar-refractivity contribution is 7.89. The summed E-state index contributed by atoms with van der Waals surface area (Å²) in [6.45, 7) is 0.301. The van der Waals surface area contributed by atoms with Gasteiger partial charge in [0.15, 0.2) is 5.13 Å². The highest BCUT2D eigenvalue weighted by Gasteiger charge is 2.24. The predicted molar refractivity (Wildman–Crippen MR) is 136 cm³/mol. The number of thiazole rings is 1. The third kappa shape index (κ3) is 5.93. The number of rotatable bonds is 10. The van der Waals surface area contributed by atoms with Crippen LogP contribution in [0.5, 0.6) is 0 Å². The van der Waals surface area contributed by atoms with Gasteiger partial charge in [-0.3, -0.25) is 4.79 Å². The summed E-state index contributed by atoms with van der Waals surface area (Å²) >= 11 is 0.835. The maximum Gasteiger partial charge on any atom is 0.240 e. The number of halogens is 2. The standard InChI is InChI=1S/C25H22F2N4O3S2/c26-19-9-4-10-20(27)21(19)22(32)23-24(28)31-25(35-23)30-17-11-13-18(14-12-17)36(33,34)29-15-5-8-16-6-2-1-3-7-16/h1-4,6-7,9-14,29H,5,8,15,28H2,(H,30,31). The molecular weight excluding hydrogens is 506 g/mol. The van der Waals surface area contributed by atoms with E-state index in [9.17, 15) is 22.0 Å². The summed E-state index contributed by atoms with van der Waals surface area (Å²) in [4.78, 5) is 16.7. The molecule has 0 saturated heterocycles. The van der Waals surface area contributed by atoms with Crippen molar-refractivity contribution >= 4 is 43.8 Å². The number of ketones is 1. The number of carbonyl (C=O) groups is 1. The van der Waals surface area contributed by atoms with Crippen LogP contribution < -0.4 is 15.8 Å². The molecule has 0 fully saturated rings. The van der Waals surface area contributed by atoms with E-state index in [2.05, 4.69) is 15.0 Å². The van der Waals surface area contributed by atoms with Crippen molar-refractivity contribution in [3.8, 4) is 0 Å². The number of nitrogens with one attached hydrogen (secondary N) is 2. The van der Waals surface area contributed by atoms with Crippen LogP contribution in [-0.2, 0) is 16.4 Å². The quantitative estimate of drug-likeness (QED) is 0.200. The third-order valence-corrected chi connectivity index (χ3v) is 7.70. The van der Waals surface area contributed by atoms with Crippen molar-refractivity contribution < 1.29 is 22.0 Å². The zero-order valence-corrected chi connectivity index (χ0v) is 20.5. The van der Waals surface area contributed by atoms with E-state index in [1.165, 1.54) is 24.3 Å². The first-order valence-electron chi connectivity index (χ1n) is 10.9. The average Bonchev–Trinajstić information content (AvgIpc) is 3.22. The molecule has 1 aromatic heterocycles. The van der Waals surface area contributed by atoms with Gasteiger partial charge in [0.2, 0.25) is 15.8 Å². The number of nitrogens with zero attached hydrogens (tertiary/aromatic N) is 1. The Bertz CT molecular complexity index is 1450. The van der Waals surface area contributed by atoms with Crippen LogP contribution in [0, 0.1) is 11.6 Å². The van der Waals surface area contributed by atoms with Crippen molar-refractivity contribution in [2.24, 2.45) is 0 Å². The fourth-order valence-corrected chi connectivity index (χ4v) is 5.37. The number of nitrogen functional groups attached to an aromatic ring is 1. The molecule has 0 aliphatic rings. The van der Waals surface area contributed by atoms with Crippen LogP contribution in [0.25, 0.3) is 0 Å². The molecule has 0 radical (unpaired) electrons. The van der Waals surface area contributed by atoms with Gasteiger partial charge < -0.3 is 11.1 Å². The molecule has 3 aromatic carbocycles. The molecule has 4 N–H and O–H groups in total. The number of aromatic nitrogens is 1. The molecule has 7 nitrogen and oxygen atoms in total. The summed E-state index contributed by atoms with van der Waals surface area (Å²) in [7, 11) is -3.68. The second kappa shape index (κ2) is 10.9. The summed E-state index contributed by atoms with van der Waals surface area (Å²) in [5, 5.41) is 3.13. The highest BCUT2D eigenvalue weighted by atomic mass is 32.2. The number of hydrogen-bond acceptors (Lipinski definition) is 7. The molecular formula is C25H22F2N4O3S2. The number of anilines is 3. The van der Waals surface area contributed by atoms with Gasteiger partial charge in [-0.15, -0.1) is 0 Å². The molecule has 0 unspecified atom stereocenters. The lowest BCUT2D eigenvalue weighted by molar-refractivity contribution is 0.103. The second-order valence-electron chi connectivity index (χ2n) is 7.80. The van der Waals surface area contributed by atoms with Crippen molar-refractivity contribution in [1.82, 2.24) is 9.71 Å². The van der Waals surface area contributed by atoms with Crippen molar-refractivity contribution in [3.63, 3.8) is 0 Å². The molecule has 4 rings (SSSR count). The molecule has 0 aliphatic heterocycles. The summed E-state index contributed by atoms with van der Waals surface area (Å²) in [5.74, 6) is -3.07. The Labute approximate surface area is 211 Å². The van der Waals surface area contributed by atoms with Crippen molar-refractivity contribution in [3.05, 3.63) is 100 Å². The summed E-state index contributed by atoms with van der Waals surface area (Å²) in [6.07, 6.45) is 1.42. The van der Waals surface area contributed by atoms with Gasteiger partial charge in [-0.25, -0.2) is 26.9 Å². The van der Waals surface area contributed by atoms with Crippen LogP contribution in [0.1, 0.15) is 27.2 Å². The van der Waals surface area contributed by atoms with E-state index in [1.807, 2.05) is 30.3 Å². The van der Waals surface area contributed by atoms with Gasteiger partial charge in [-0.05, 0) is 54.8 Å². The lowest BCUT2D eigenvalue weighted by Gasteiger charge is -2.08. The maximum atomic E-state index is 14.0. The molecule has 0 aliphatic carbocycles. The van der Waals surface area contributed by atoms with Crippen LogP contribution in [0.4, 0.5) is 25.4 Å². The van der Waals surface area contributed by atoms with Crippen LogP contribution in [-0.4, -0.2) is 25.7 Å². The van der Waals surface area contributed by atoms with Crippen molar-refractivity contribution in [2.45, 2.75) is 17.7 Å². The van der Waals surface area contributed by atoms with Gasteiger partial charge in [0.05, 0.1) is 10.5 Å². The van der Waals surface area contributed by atoms with E-state index in [1.54, 1.807) is 0 Å². The average molecular weight is 529 g/mol. The van der Waals surface area contributed by atoms with Gasteiger partial charge in [0.1, 0.15) is 22.3 Å². The summed E-state index contributed by atoms with van der Waals surface area (Å²) < 4.78 is 55.7. The molecule has 36 heavy (non-hydrogen) atoms. The van der Waals surface area contributed by atoms with Crippen LogP contribution >= 0.6 is 11.3 Å². The van der Waals surface area contributed by atoms with Gasteiger partial charge in [0, 0.05) is 12.2 Å². The molecule has 4 aromatic rings. The van der Waals surface area contributed by atoms with Crippen LogP contribution in [0.2, 0.25) is 0 Å². The lowest BCUT2D eigenvalue weighted by atomic mass is 10.1. The molecule has 11 heteroatoms. The zero-order valence-electron chi connectivity index (χ0n) is 18.9. The Hall–Kier alpha value is -3.67. The van der Waals surface area contributed by atoms with E-state index < -0.39 is 33.0 Å². The van der Waals surface area contributed by atoms with Gasteiger partial charge in [-0.1, -0.05) is 47.7 Å². The molecule has 0 atom stereocenters. The first-order chi connectivity index (χ1) is 17.2. The second-order valence-corrected chi connectivity index (χ2v) is 10.6. The van der Waals surface area contributed by atoms with Gasteiger partial charge in [-0.2, -0.15) is 0 Å². The summed E-state index contributed by atoms with van der Waals surface area (Å²) in [6, 6.07) is 18.9. The topological polar surface area (TPSA) is 114 Å². The number of aryl methyl sites for hydroxylation is 1. The van der Waals surface area contributed by atoms with E-state index in [0.717, 1.165) is 41.5 Å². The Morgan fingerprint density at radius 1 is 0.944 bits per heavy atom. The minimum absolute atomic E-state index is 0.0947. The van der Waals surface area contributed by atoms with E-state index in [0.29, 0.717) is 18.7 Å². The van der Waals surface area contributed by atoms with Crippen molar-refractivity contribution in [2.75, 3.05) is 17.6 Å². The lowest BCUT2D eigenvalue weighted by Crippen LogP contribution is -2.25. The summed E-state index contributed by atoms with van der Waals surface area (Å²) in [5.41, 5.74) is 6.74. The molecule has 0 bridgehead atoms. The number of benzene rings is 3. The molecule has 1 heterocycles. The Kier molecular flexibility index (Phi) is 7.73. The largest absolute Gasteiger partial charge is 0.382 e. The van der Waals surface area contributed by atoms with Crippen LogP contribution in [0.15, 0.2) is 77.7 Å². The Morgan fingerprint density at radius 3 is 2.28 bits per heavy atom. The number of sulfonamides is 1. The molecule has 0 amide bonds. The fraction of sp³-hybridized carbons (Fsp3) is 0.120. The first kappa shape index (κ1) is 25.4. The molecule has 0 saturated carbocycles.